The Balaban J connectivity index is 1.56. The molecule has 5 aromatic rings. The molecule has 43 heavy (non-hydrogen) atoms. The Morgan fingerprint density at radius 1 is 1.02 bits per heavy atom. The number of nitrogen functional groups attached to an aromatic ring is 2. The van der Waals surface area contributed by atoms with Crippen molar-refractivity contribution >= 4 is 40.3 Å². The third-order valence-corrected chi connectivity index (χ3v) is 6.89. The van der Waals surface area contributed by atoms with Crippen LogP contribution in [0.15, 0.2) is 54.9 Å². The summed E-state index contributed by atoms with van der Waals surface area (Å²) in [6, 6.07) is 11.1. The summed E-state index contributed by atoms with van der Waals surface area (Å²) in [6.07, 6.45) is 2.04. The van der Waals surface area contributed by atoms with Crippen LogP contribution in [0.1, 0.15) is 30.7 Å². The van der Waals surface area contributed by atoms with Crippen LogP contribution in [0.25, 0.3) is 17.0 Å². The summed E-state index contributed by atoms with van der Waals surface area (Å²) in [5.41, 5.74) is 14.8. The van der Waals surface area contributed by atoms with E-state index in [1.807, 2.05) is 19.9 Å². The number of fused-ring (bicyclic) bond motifs is 1. The number of carbonyl (C=O) groups excluding carboxylic acids is 1. The average Bonchev–Trinajstić information content (AvgIpc) is 3.35. The van der Waals surface area contributed by atoms with Gasteiger partial charge in [0.2, 0.25) is 0 Å². The molecule has 1 amide bonds. The van der Waals surface area contributed by atoms with Gasteiger partial charge < -0.3 is 21.1 Å². The van der Waals surface area contributed by atoms with Crippen LogP contribution in [0.3, 0.4) is 0 Å². The van der Waals surface area contributed by atoms with Gasteiger partial charge in [0.25, 0.3) is 5.95 Å². The van der Waals surface area contributed by atoms with Gasteiger partial charge in [-0.05, 0) is 43.2 Å². The van der Waals surface area contributed by atoms with Crippen LogP contribution < -0.4 is 21.3 Å². The molecule has 1 aromatic carbocycles. The van der Waals surface area contributed by atoms with Crippen molar-refractivity contribution in [2.45, 2.75) is 26.8 Å². The first-order valence-corrected chi connectivity index (χ1v) is 13.5. The Kier molecular flexibility index (Phi) is 8.27. The van der Waals surface area contributed by atoms with Gasteiger partial charge in [0, 0.05) is 31.8 Å². The number of rotatable bonds is 9. The third-order valence-electron chi connectivity index (χ3n) is 6.89. The lowest BCUT2D eigenvalue weighted by molar-refractivity contribution is 0.178. The fourth-order valence-corrected chi connectivity index (χ4v) is 4.78. The first kappa shape index (κ1) is 29.1. The van der Waals surface area contributed by atoms with Gasteiger partial charge in [-0.2, -0.15) is 19.7 Å². The first-order chi connectivity index (χ1) is 20.7. The Labute approximate surface area is 245 Å². The summed E-state index contributed by atoms with van der Waals surface area (Å²) in [4.78, 5) is 33.6. The molecule has 0 aliphatic rings. The second-order valence-corrected chi connectivity index (χ2v) is 9.54. The van der Waals surface area contributed by atoms with E-state index in [1.165, 1.54) is 28.8 Å². The molecule has 4 N–H and O–H groups in total. The first-order valence-electron chi connectivity index (χ1n) is 13.5. The van der Waals surface area contributed by atoms with E-state index in [1.54, 1.807) is 30.5 Å². The zero-order chi connectivity index (χ0) is 30.7. The highest BCUT2D eigenvalue weighted by Crippen LogP contribution is 2.32. The number of amides is 1. The fourth-order valence-electron chi connectivity index (χ4n) is 4.78. The lowest BCUT2D eigenvalue weighted by Crippen LogP contribution is -2.32. The molecule has 0 saturated heterocycles. The maximum Gasteiger partial charge on any atom is 0.414 e. The highest BCUT2D eigenvalue weighted by molar-refractivity contribution is 5.95. The van der Waals surface area contributed by atoms with Crippen LogP contribution in [-0.2, 0) is 17.7 Å². The van der Waals surface area contributed by atoms with E-state index in [9.17, 15) is 13.6 Å². The van der Waals surface area contributed by atoms with Gasteiger partial charge in [-0.15, -0.1) is 0 Å². The molecule has 0 radical (unpaired) electrons. The number of halogens is 2. The van der Waals surface area contributed by atoms with Crippen molar-refractivity contribution in [3.63, 3.8) is 0 Å². The maximum absolute atomic E-state index is 14.4. The number of benzene rings is 1. The zero-order valence-corrected chi connectivity index (χ0v) is 23.8. The Morgan fingerprint density at radius 3 is 2.42 bits per heavy atom. The number of hydrogen-bond donors (Lipinski definition) is 2. The van der Waals surface area contributed by atoms with Crippen molar-refractivity contribution in [1.29, 1.82) is 0 Å². The van der Waals surface area contributed by atoms with Crippen LogP contribution in [-0.4, -0.2) is 56.0 Å². The predicted octanol–water partition coefficient (Wildman–Crippen LogP) is 4.26. The Hall–Kier alpha value is -5.40. The molecule has 0 unspecified atom stereocenters. The summed E-state index contributed by atoms with van der Waals surface area (Å²) in [5, 5.41) is 4.52. The minimum atomic E-state index is -0.737. The lowest BCUT2D eigenvalue weighted by atomic mass is 10.1. The number of aromatic nitrogens is 6. The molecule has 0 saturated carbocycles. The van der Waals surface area contributed by atoms with Crippen LogP contribution in [0.4, 0.5) is 36.7 Å². The summed E-state index contributed by atoms with van der Waals surface area (Å²) in [7, 11) is 1.24. The van der Waals surface area contributed by atoms with Gasteiger partial charge in [-0.25, -0.2) is 23.5 Å². The molecular formula is C29H30F2N10O2. The van der Waals surface area contributed by atoms with Gasteiger partial charge in [-0.1, -0.05) is 18.2 Å². The number of nitrogens with two attached hydrogens (primary N) is 2. The minimum Gasteiger partial charge on any atom is -0.452 e. The number of ether oxygens (including phenoxy) is 1. The highest BCUT2D eigenvalue weighted by atomic mass is 19.1. The third kappa shape index (κ3) is 5.84. The van der Waals surface area contributed by atoms with Gasteiger partial charge in [0.05, 0.1) is 31.1 Å². The van der Waals surface area contributed by atoms with E-state index in [4.69, 9.17) is 16.2 Å². The molecule has 14 heteroatoms. The normalized spacial score (nSPS) is 11.1. The highest BCUT2D eigenvalue weighted by Gasteiger charge is 2.26. The molecule has 222 valence electrons. The molecule has 12 nitrogen and oxygen atoms in total. The molecule has 4 heterocycles. The molecule has 0 spiro atoms. The SMILES string of the molecule is CCN(CC)c1cc(CN(C(=O)OC)c2c(N)nc(-n3nc(Cc4ccccc4F)c4ncc(F)cc43)nc2N)ccn1. The smallest absolute Gasteiger partial charge is 0.414 e. The molecule has 0 fully saturated rings. The van der Waals surface area contributed by atoms with E-state index in [-0.39, 0.29) is 41.8 Å². The molecule has 4 aromatic heterocycles. The quantitative estimate of drug-likeness (QED) is 0.255. The van der Waals surface area contributed by atoms with Gasteiger partial charge in [0.1, 0.15) is 28.7 Å². The predicted molar refractivity (Wildman–Crippen MR) is 159 cm³/mol. The average molecular weight is 589 g/mol. The molecule has 0 aliphatic carbocycles. The van der Waals surface area contributed by atoms with E-state index >= 15 is 0 Å². The second-order valence-electron chi connectivity index (χ2n) is 9.54. The van der Waals surface area contributed by atoms with Crippen molar-refractivity contribution in [2.75, 3.05) is 41.5 Å². The fraction of sp³-hybridized carbons (Fsp3) is 0.241. The van der Waals surface area contributed by atoms with Crippen molar-refractivity contribution in [3.8, 4) is 5.95 Å². The van der Waals surface area contributed by atoms with Crippen LogP contribution >= 0.6 is 0 Å². The number of hydrogen-bond acceptors (Lipinski definition) is 10. The van der Waals surface area contributed by atoms with E-state index < -0.39 is 17.7 Å². The van der Waals surface area contributed by atoms with Crippen LogP contribution in [0.5, 0.6) is 0 Å². The summed E-state index contributed by atoms with van der Waals surface area (Å²) < 4.78 is 35.0. The monoisotopic (exact) mass is 588 g/mol. The topological polar surface area (TPSA) is 154 Å². The molecule has 0 bridgehead atoms. The van der Waals surface area contributed by atoms with Crippen molar-refractivity contribution < 1.29 is 18.3 Å². The van der Waals surface area contributed by atoms with Crippen molar-refractivity contribution in [3.05, 3.63) is 83.3 Å². The summed E-state index contributed by atoms with van der Waals surface area (Å²) >= 11 is 0. The largest absolute Gasteiger partial charge is 0.452 e. The van der Waals surface area contributed by atoms with Crippen molar-refractivity contribution in [1.82, 2.24) is 29.7 Å². The molecular weight excluding hydrogens is 558 g/mol. The number of carbonyl (C=O) groups is 1. The standard InChI is InChI=1S/C29H30F2N10O2/c1-4-39(5-2)23-12-17(10-11-34-23)16-40(29(42)43-3)25-26(32)36-28(37-27(25)33)41-22-14-19(30)15-35-24(22)21(38-41)13-18-8-6-7-9-20(18)31/h6-12,14-15H,4-5,13,16H2,1-3H3,(H4,32,33,36,37). The van der Waals surface area contributed by atoms with Gasteiger partial charge in [-0.3, -0.25) is 4.90 Å². The molecule has 0 aliphatic heterocycles. The molecule has 0 atom stereocenters. The van der Waals surface area contributed by atoms with Crippen LogP contribution in [0.2, 0.25) is 0 Å². The Morgan fingerprint density at radius 2 is 1.74 bits per heavy atom. The zero-order valence-electron chi connectivity index (χ0n) is 23.8. The van der Waals surface area contributed by atoms with E-state index in [0.29, 0.717) is 16.8 Å². The summed E-state index contributed by atoms with van der Waals surface area (Å²) in [6.45, 7) is 5.59. The maximum atomic E-state index is 14.4. The lowest BCUT2D eigenvalue weighted by Gasteiger charge is -2.25. The van der Waals surface area contributed by atoms with Crippen LogP contribution in [0, 0.1) is 11.6 Å². The van der Waals surface area contributed by atoms with E-state index in [2.05, 4.69) is 29.9 Å². The van der Waals surface area contributed by atoms with Crippen molar-refractivity contribution in [2.24, 2.45) is 0 Å². The number of pyridine rings is 2. The van der Waals surface area contributed by atoms with Gasteiger partial charge in [0.15, 0.2) is 11.6 Å². The Bertz CT molecular complexity index is 1770. The molecule has 5 rings (SSSR count). The van der Waals surface area contributed by atoms with Gasteiger partial charge >= 0.3 is 6.09 Å². The number of anilines is 4. The second kappa shape index (κ2) is 12.2. The van der Waals surface area contributed by atoms with E-state index in [0.717, 1.165) is 30.7 Å². The number of nitrogens with zero attached hydrogens (tertiary/aromatic N) is 8. The summed E-state index contributed by atoms with van der Waals surface area (Å²) in [5.74, 6) is -0.667. The number of methoxy groups -OCH3 is 1. The minimum absolute atomic E-state index is 0.0316.